The Morgan fingerprint density at radius 1 is 1.28 bits per heavy atom. The van der Waals surface area contributed by atoms with Crippen molar-refractivity contribution in [2.45, 2.75) is 44.5 Å². The molecule has 0 aromatic carbocycles. The fourth-order valence-electron chi connectivity index (χ4n) is 1.72. The minimum absolute atomic E-state index is 0.0175. The number of carbonyl (C=O) groups excluding carboxylic acids is 2. The predicted octanol–water partition coefficient (Wildman–Crippen LogP) is -0.455. The number of nitrogens with zero attached hydrogens (tertiary/aromatic N) is 1. The van der Waals surface area contributed by atoms with Crippen molar-refractivity contribution >= 4 is 21.7 Å². The molecule has 1 N–H and O–H groups in total. The largest absolute Gasteiger partial charge is 0.343 e. The van der Waals surface area contributed by atoms with Gasteiger partial charge in [-0.15, -0.1) is 0 Å². The molecule has 0 bridgehead atoms. The average molecular weight is 276 g/mol. The van der Waals surface area contributed by atoms with Crippen LogP contribution in [0.1, 0.15) is 27.7 Å². The van der Waals surface area contributed by atoms with Gasteiger partial charge in [0.1, 0.15) is 12.1 Å². The van der Waals surface area contributed by atoms with Crippen LogP contribution >= 0.6 is 0 Å². The van der Waals surface area contributed by atoms with Crippen LogP contribution in [0.5, 0.6) is 0 Å². The van der Waals surface area contributed by atoms with Crippen molar-refractivity contribution < 1.29 is 18.0 Å². The number of nitrogens with one attached hydrogen (secondary N) is 1. The van der Waals surface area contributed by atoms with E-state index in [1.165, 1.54) is 4.90 Å². The van der Waals surface area contributed by atoms with Crippen molar-refractivity contribution in [3.8, 4) is 0 Å². The first-order valence-corrected chi connectivity index (χ1v) is 7.67. The van der Waals surface area contributed by atoms with E-state index >= 15 is 0 Å². The van der Waals surface area contributed by atoms with Gasteiger partial charge in [0.15, 0.2) is 9.84 Å². The van der Waals surface area contributed by atoms with Crippen LogP contribution in [0.4, 0.5) is 0 Å². The van der Waals surface area contributed by atoms with Crippen molar-refractivity contribution in [3.63, 3.8) is 0 Å². The highest BCUT2D eigenvalue weighted by Crippen LogP contribution is 2.20. The number of carbonyl (C=O) groups is 2. The van der Waals surface area contributed by atoms with Gasteiger partial charge in [-0.05, 0) is 27.7 Å². The molecule has 0 aromatic rings. The Bertz CT molecular complexity index is 469. The van der Waals surface area contributed by atoms with Crippen LogP contribution in [-0.4, -0.2) is 54.8 Å². The first-order valence-electron chi connectivity index (χ1n) is 5.78. The summed E-state index contributed by atoms with van der Waals surface area (Å²) in [5.74, 6) is -0.509. The summed E-state index contributed by atoms with van der Waals surface area (Å²) >= 11 is 0. The Labute approximate surface area is 108 Å². The molecule has 2 atom stereocenters. The maximum absolute atomic E-state index is 12.0. The molecule has 1 saturated heterocycles. The van der Waals surface area contributed by atoms with Gasteiger partial charge in [-0.3, -0.25) is 9.59 Å². The highest BCUT2D eigenvalue weighted by Gasteiger charge is 2.41. The van der Waals surface area contributed by atoms with Gasteiger partial charge < -0.3 is 10.2 Å². The molecule has 2 amide bonds. The zero-order valence-corrected chi connectivity index (χ0v) is 12.2. The number of hydrogen-bond acceptors (Lipinski definition) is 4. The quantitative estimate of drug-likeness (QED) is 0.756. The summed E-state index contributed by atoms with van der Waals surface area (Å²) in [5.41, 5.74) is 0. The Kier molecular flexibility index (Phi) is 3.76. The molecule has 1 heterocycles. The molecular formula is C11H20N2O4S. The van der Waals surface area contributed by atoms with Gasteiger partial charge in [0.25, 0.3) is 0 Å². The Morgan fingerprint density at radius 2 is 1.78 bits per heavy atom. The van der Waals surface area contributed by atoms with Gasteiger partial charge in [0.05, 0.1) is 4.75 Å². The van der Waals surface area contributed by atoms with Crippen LogP contribution in [-0.2, 0) is 19.4 Å². The van der Waals surface area contributed by atoms with Crippen LogP contribution < -0.4 is 5.32 Å². The highest BCUT2D eigenvalue weighted by molar-refractivity contribution is 7.92. The molecule has 0 spiro atoms. The first-order chi connectivity index (χ1) is 7.97. The maximum Gasteiger partial charge on any atom is 0.245 e. The van der Waals surface area contributed by atoms with Gasteiger partial charge in [0.2, 0.25) is 11.8 Å². The van der Waals surface area contributed by atoms with Gasteiger partial charge in [-0.1, -0.05) is 0 Å². The fraction of sp³-hybridized carbons (Fsp3) is 0.818. The summed E-state index contributed by atoms with van der Waals surface area (Å²) in [6.45, 7) is 6.31. The van der Waals surface area contributed by atoms with E-state index in [0.717, 1.165) is 6.26 Å². The van der Waals surface area contributed by atoms with Crippen molar-refractivity contribution in [1.82, 2.24) is 10.2 Å². The minimum atomic E-state index is -3.31. The molecule has 104 valence electrons. The second-order valence-corrected chi connectivity index (χ2v) is 8.05. The standard InChI is InChI=1S/C11H20N2O4S/c1-7-10(15)13(8(2)9(14)12-7)6-11(3,4)18(5,16)17/h7-8H,6H2,1-5H3,(H,12,14). The van der Waals surface area contributed by atoms with E-state index < -0.39 is 26.7 Å². The van der Waals surface area contributed by atoms with Gasteiger partial charge in [-0.2, -0.15) is 0 Å². The minimum Gasteiger partial charge on any atom is -0.343 e. The van der Waals surface area contributed by atoms with E-state index in [2.05, 4.69) is 5.32 Å². The summed E-state index contributed by atoms with van der Waals surface area (Å²) in [7, 11) is -3.31. The monoisotopic (exact) mass is 276 g/mol. The number of sulfone groups is 1. The van der Waals surface area contributed by atoms with Crippen LogP contribution in [0.2, 0.25) is 0 Å². The van der Waals surface area contributed by atoms with E-state index in [1.807, 2.05) is 0 Å². The normalized spacial score (nSPS) is 26.2. The van der Waals surface area contributed by atoms with Crippen LogP contribution in [0, 0.1) is 0 Å². The molecule has 0 aliphatic carbocycles. The first kappa shape index (κ1) is 14.9. The molecule has 6 nitrogen and oxygen atoms in total. The summed E-state index contributed by atoms with van der Waals surface area (Å²) in [6, 6.07) is -1.25. The predicted molar refractivity (Wildman–Crippen MR) is 67.7 cm³/mol. The summed E-state index contributed by atoms with van der Waals surface area (Å²) in [6.07, 6.45) is 1.13. The second kappa shape index (κ2) is 4.53. The fourth-order valence-corrected chi connectivity index (χ4v) is 2.09. The third-order valence-electron chi connectivity index (χ3n) is 3.41. The molecule has 1 aliphatic heterocycles. The summed E-state index contributed by atoms with van der Waals surface area (Å²) in [4.78, 5) is 25.0. The molecular weight excluding hydrogens is 256 g/mol. The number of amides is 2. The van der Waals surface area contributed by atoms with Crippen molar-refractivity contribution in [3.05, 3.63) is 0 Å². The molecule has 1 rings (SSSR count). The van der Waals surface area contributed by atoms with Gasteiger partial charge in [0, 0.05) is 12.8 Å². The number of hydrogen-bond donors (Lipinski definition) is 1. The molecule has 2 unspecified atom stereocenters. The topological polar surface area (TPSA) is 83.6 Å². The molecule has 7 heteroatoms. The van der Waals surface area contributed by atoms with Crippen LogP contribution in [0.15, 0.2) is 0 Å². The van der Waals surface area contributed by atoms with Gasteiger partial charge in [-0.25, -0.2) is 8.42 Å². The Morgan fingerprint density at radius 3 is 2.22 bits per heavy atom. The lowest BCUT2D eigenvalue weighted by Gasteiger charge is -2.39. The Hall–Kier alpha value is -1.11. The third-order valence-corrected chi connectivity index (χ3v) is 5.55. The molecule has 0 radical (unpaired) electrons. The van der Waals surface area contributed by atoms with Gasteiger partial charge >= 0.3 is 0 Å². The number of piperazine rings is 1. The SMILES string of the molecule is CC1NC(=O)C(C)N(CC(C)(C)S(C)(=O)=O)C1=O. The zero-order chi connectivity index (χ0) is 14.3. The summed E-state index contributed by atoms with van der Waals surface area (Å²) < 4.78 is 22.3. The lowest BCUT2D eigenvalue weighted by molar-refractivity contribution is -0.148. The lowest BCUT2D eigenvalue weighted by Crippen LogP contribution is -2.64. The van der Waals surface area contributed by atoms with Crippen molar-refractivity contribution in [1.29, 1.82) is 0 Å². The Balaban J connectivity index is 3.01. The second-order valence-electron chi connectivity index (χ2n) is 5.40. The smallest absolute Gasteiger partial charge is 0.245 e. The third kappa shape index (κ3) is 2.66. The van der Waals surface area contributed by atoms with Crippen molar-refractivity contribution in [2.75, 3.05) is 12.8 Å². The zero-order valence-electron chi connectivity index (χ0n) is 11.4. The molecule has 0 saturated carbocycles. The van der Waals surface area contributed by atoms with E-state index in [4.69, 9.17) is 0 Å². The molecule has 18 heavy (non-hydrogen) atoms. The lowest BCUT2D eigenvalue weighted by atomic mass is 10.1. The highest BCUT2D eigenvalue weighted by atomic mass is 32.2. The van der Waals surface area contributed by atoms with E-state index in [9.17, 15) is 18.0 Å². The number of rotatable bonds is 3. The van der Waals surface area contributed by atoms with E-state index in [1.54, 1.807) is 27.7 Å². The summed E-state index contributed by atoms with van der Waals surface area (Å²) in [5, 5.41) is 2.55. The van der Waals surface area contributed by atoms with E-state index in [-0.39, 0.29) is 18.4 Å². The maximum atomic E-state index is 12.0. The molecule has 1 aliphatic rings. The van der Waals surface area contributed by atoms with Crippen LogP contribution in [0.3, 0.4) is 0 Å². The molecule has 1 fully saturated rings. The van der Waals surface area contributed by atoms with Crippen molar-refractivity contribution in [2.24, 2.45) is 0 Å². The average Bonchev–Trinajstić information content (AvgIpc) is 2.20. The molecule has 0 aromatic heterocycles. The van der Waals surface area contributed by atoms with Crippen LogP contribution in [0.25, 0.3) is 0 Å². The van der Waals surface area contributed by atoms with E-state index in [0.29, 0.717) is 0 Å².